The number of benzene rings is 1. The average molecular weight is 313 g/mol. The van der Waals surface area contributed by atoms with Crippen LogP contribution in [0, 0.1) is 0 Å². The highest BCUT2D eigenvalue weighted by Crippen LogP contribution is 2.26. The monoisotopic (exact) mass is 312 g/mol. The summed E-state index contributed by atoms with van der Waals surface area (Å²) < 4.78 is 0. The highest BCUT2D eigenvalue weighted by molar-refractivity contribution is 5.85. The fourth-order valence-electron chi connectivity index (χ4n) is 2.24. The van der Waals surface area contributed by atoms with Crippen molar-refractivity contribution in [2.24, 2.45) is 0 Å². The second-order valence-corrected chi connectivity index (χ2v) is 4.33. The highest BCUT2D eigenvalue weighted by atomic mass is 35.5. The van der Waals surface area contributed by atoms with E-state index < -0.39 is 0 Å². The van der Waals surface area contributed by atoms with E-state index in [2.05, 4.69) is 32.3 Å². The van der Waals surface area contributed by atoms with Crippen molar-refractivity contribution < 1.29 is 0 Å². The molecule has 2 heterocycles. The van der Waals surface area contributed by atoms with Crippen molar-refractivity contribution in [1.29, 1.82) is 0 Å². The smallest absolute Gasteiger partial charge is 0.155 e. The van der Waals surface area contributed by atoms with Crippen molar-refractivity contribution in [3.8, 4) is 11.3 Å². The second-order valence-electron chi connectivity index (χ2n) is 4.33. The van der Waals surface area contributed by atoms with Crippen molar-refractivity contribution in [2.75, 3.05) is 31.1 Å². The first kappa shape index (κ1) is 16.7. The van der Waals surface area contributed by atoms with E-state index >= 15 is 0 Å². The third-order valence-corrected chi connectivity index (χ3v) is 3.14. The van der Waals surface area contributed by atoms with Crippen LogP contribution in [-0.4, -0.2) is 36.1 Å². The molecule has 0 unspecified atom stereocenters. The zero-order valence-electron chi connectivity index (χ0n) is 11.0. The third kappa shape index (κ3) is 3.60. The van der Waals surface area contributed by atoms with Crippen LogP contribution in [0.4, 0.5) is 5.82 Å². The first-order valence-corrected chi connectivity index (χ1v) is 6.27. The van der Waals surface area contributed by atoms with Gasteiger partial charge >= 0.3 is 0 Å². The fourth-order valence-corrected chi connectivity index (χ4v) is 2.24. The minimum absolute atomic E-state index is 0. The van der Waals surface area contributed by atoms with Gasteiger partial charge in [0.15, 0.2) is 5.82 Å². The molecular formula is C14H18Cl2N4. The predicted octanol–water partition coefficient (Wildman–Crippen LogP) is 2.40. The Bertz CT molecular complexity index is 516. The summed E-state index contributed by atoms with van der Waals surface area (Å²) in [7, 11) is 0. The quantitative estimate of drug-likeness (QED) is 0.924. The second kappa shape index (κ2) is 8.04. The van der Waals surface area contributed by atoms with Gasteiger partial charge in [-0.2, -0.15) is 0 Å². The maximum Gasteiger partial charge on any atom is 0.155 e. The van der Waals surface area contributed by atoms with Gasteiger partial charge in [-0.3, -0.25) is 4.98 Å². The highest BCUT2D eigenvalue weighted by Gasteiger charge is 2.16. The zero-order chi connectivity index (χ0) is 12.2. The maximum atomic E-state index is 4.51. The third-order valence-electron chi connectivity index (χ3n) is 3.14. The predicted molar refractivity (Wildman–Crippen MR) is 87.0 cm³/mol. The minimum atomic E-state index is 0. The molecule has 4 nitrogen and oxygen atoms in total. The largest absolute Gasteiger partial charge is 0.352 e. The number of aromatic nitrogens is 2. The summed E-state index contributed by atoms with van der Waals surface area (Å²) in [5.41, 5.74) is 2.10. The van der Waals surface area contributed by atoms with Crippen LogP contribution in [-0.2, 0) is 0 Å². The molecule has 0 spiro atoms. The molecule has 0 aliphatic carbocycles. The minimum Gasteiger partial charge on any atom is -0.352 e. The van der Waals surface area contributed by atoms with Gasteiger partial charge in [0, 0.05) is 44.1 Å². The fraction of sp³-hybridized carbons (Fsp3) is 0.286. The Balaban J connectivity index is 0.000001000. The molecule has 0 amide bonds. The summed E-state index contributed by atoms with van der Waals surface area (Å²) in [4.78, 5) is 11.3. The molecule has 1 fully saturated rings. The molecule has 1 aromatic heterocycles. The molecule has 0 radical (unpaired) electrons. The van der Waals surface area contributed by atoms with Gasteiger partial charge in [0.2, 0.25) is 0 Å². The van der Waals surface area contributed by atoms with E-state index in [0.717, 1.165) is 43.3 Å². The summed E-state index contributed by atoms with van der Waals surface area (Å²) in [6.07, 6.45) is 3.53. The Hall–Kier alpha value is -1.36. The summed E-state index contributed by atoms with van der Waals surface area (Å²) >= 11 is 0. The molecule has 1 aliphatic rings. The first-order valence-electron chi connectivity index (χ1n) is 6.27. The van der Waals surface area contributed by atoms with Crippen LogP contribution >= 0.6 is 24.8 Å². The molecule has 1 aliphatic heterocycles. The zero-order valence-corrected chi connectivity index (χ0v) is 12.7. The van der Waals surface area contributed by atoms with E-state index in [1.54, 1.807) is 12.4 Å². The van der Waals surface area contributed by atoms with Gasteiger partial charge in [0.1, 0.15) is 5.69 Å². The summed E-state index contributed by atoms with van der Waals surface area (Å²) in [5.74, 6) is 0.991. The molecule has 0 saturated carbocycles. The van der Waals surface area contributed by atoms with E-state index in [9.17, 15) is 0 Å². The van der Waals surface area contributed by atoms with Crippen LogP contribution in [0.2, 0.25) is 0 Å². The van der Waals surface area contributed by atoms with Gasteiger partial charge in [-0.25, -0.2) is 4.98 Å². The summed E-state index contributed by atoms with van der Waals surface area (Å²) in [6.45, 7) is 3.98. The molecule has 0 atom stereocenters. The Morgan fingerprint density at radius 1 is 0.900 bits per heavy atom. The molecule has 2 aromatic rings. The number of anilines is 1. The summed E-state index contributed by atoms with van der Waals surface area (Å²) in [5, 5.41) is 3.35. The number of rotatable bonds is 2. The van der Waals surface area contributed by atoms with Gasteiger partial charge < -0.3 is 10.2 Å². The molecule has 1 N–H and O–H groups in total. The number of piperazine rings is 1. The lowest BCUT2D eigenvalue weighted by Gasteiger charge is -2.29. The number of nitrogens with zero attached hydrogens (tertiary/aromatic N) is 3. The number of nitrogens with one attached hydrogen (secondary N) is 1. The molecule has 0 bridgehead atoms. The van der Waals surface area contributed by atoms with Crippen LogP contribution in [0.1, 0.15) is 0 Å². The number of halogens is 2. The Morgan fingerprint density at radius 3 is 2.25 bits per heavy atom. The molecule has 20 heavy (non-hydrogen) atoms. The number of hydrogen-bond acceptors (Lipinski definition) is 4. The lowest BCUT2D eigenvalue weighted by molar-refractivity contribution is 0.585. The van der Waals surface area contributed by atoms with Gasteiger partial charge in [-0.1, -0.05) is 30.3 Å². The first-order chi connectivity index (χ1) is 8.95. The van der Waals surface area contributed by atoms with Gasteiger partial charge in [-0.15, -0.1) is 24.8 Å². The van der Waals surface area contributed by atoms with Crippen molar-refractivity contribution in [1.82, 2.24) is 15.3 Å². The summed E-state index contributed by atoms with van der Waals surface area (Å²) in [6, 6.07) is 10.2. The van der Waals surface area contributed by atoms with E-state index in [-0.39, 0.29) is 24.8 Å². The van der Waals surface area contributed by atoms with Gasteiger partial charge in [0.25, 0.3) is 0 Å². The molecule has 108 valence electrons. The maximum absolute atomic E-state index is 4.51. The lowest BCUT2D eigenvalue weighted by atomic mass is 10.1. The van der Waals surface area contributed by atoms with Crippen LogP contribution < -0.4 is 10.2 Å². The van der Waals surface area contributed by atoms with Crippen molar-refractivity contribution in [3.63, 3.8) is 0 Å². The van der Waals surface area contributed by atoms with Crippen LogP contribution in [0.3, 0.4) is 0 Å². The van der Waals surface area contributed by atoms with Crippen LogP contribution in [0.15, 0.2) is 42.7 Å². The van der Waals surface area contributed by atoms with Crippen molar-refractivity contribution >= 4 is 30.6 Å². The Labute approximate surface area is 131 Å². The number of hydrogen-bond donors (Lipinski definition) is 1. The lowest BCUT2D eigenvalue weighted by Crippen LogP contribution is -2.44. The SMILES string of the molecule is Cl.Cl.c1ccc(-c2nccnc2N2CCNCC2)cc1. The van der Waals surface area contributed by atoms with E-state index in [1.807, 2.05) is 18.2 Å². The Morgan fingerprint density at radius 2 is 1.55 bits per heavy atom. The molecule has 3 rings (SSSR count). The molecular weight excluding hydrogens is 295 g/mol. The Kier molecular flexibility index (Phi) is 6.71. The van der Waals surface area contributed by atoms with E-state index in [4.69, 9.17) is 0 Å². The average Bonchev–Trinajstić information content (AvgIpc) is 2.49. The van der Waals surface area contributed by atoms with E-state index in [1.165, 1.54) is 0 Å². The van der Waals surface area contributed by atoms with Gasteiger partial charge in [-0.05, 0) is 0 Å². The van der Waals surface area contributed by atoms with Crippen LogP contribution in [0.5, 0.6) is 0 Å². The van der Waals surface area contributed by atoms with Crippen LogP contribution in [0.25, 0.3) is 11.3 Å². The topological polar surface area (TPSA) is 41.1 Å². The van der Waals surface area contributed by atoms with Gasteiger partial charge in [0.05, 0.1) is 0 Å². The van der Waals surface area contributed by atoms with E-state index in [0.29, 0.717) is 0 Å². The molecule has 6 heteroatoms. The molecule has 1 saturated heterocycles. The van der Waals surface area contributed by atoms with Crippen molar-refractivity contribution in [3.05, 3.63) is 42.7 Å². The standard InChI is InChI=1S/C14H16N4.2ClH/c1-2-4-12(5-3-1)13-14(17-7-6-16-13)18-10-8-15-9-11-18;;/h1-7,15H,8-11H2;2*1H. The normalized spacial score (nSPS) is 14.1. The van der Waals surface area contributed by atoms with Crippen molar-refractivity contribution in [2.45, 2.75) is 0 Å². The molecule has 1 aromatic carbocycles.